The first kappa shape index (κ1) is 22.2. The molecule has 1 aliphatic heterocycles. The van der Waals surface area contributed by atoms with Gasteiger partial charge in [-0.1, -0.05) is 30.8 Å². The number of para-hydroxylation sites is 1. The minimum atomic E-state index is -0.443. The average Bonchev–Trinajstić information content (AvgIpc) is 3.38. The van der Waals surface area contributed by atoms with E-state index in [9.17, 15) is 9.59 Å². The molecule has 0 amide bonds. The summed E-state index contributed by atoms with van der Waals surface area (Å²) in [4.78, 5) is 41.4. The van der Waals surface area contributed by atoms with E-state index in [1.807, 2.05) is 22.8 Å². The van der Waals surface area contributed by atoms with E-state index in [1.165, 1.54) is 9.27 Å². The number of hydrogen-bond donors (Lipinski definition) is 1. The quantitative estimate of drug-likeness (QED) is 0.419. The van der Waals surface area contributed by atoms with Crippen molar-refractivity contribution in [3.8, 4) is 0 Å². The Labute approximate surface area is 199 Å². The van der Waals surface area contributed by atoms with E-state index >= 15 is 0 Å². The third-order valence-corrected chi connectivity index (χ3v) is 8.54. The molecule has 1 aromatic carbocycles. The Morgan fingerprint density at radius 1 is 1.12 bits per heavy atom. The lowest BCUT2D eigenvalue weighted by Crippen LogP contribution is -2.45. The van der Waals surface area contributed by atoms with E-state index < -0.39 is 5.69 Å². The molecule has 5 rings (SSSR count). The topological polar surface area (TPSA) is 92.1 Å². The van der Waals surface area contributed by atoms with Crippen LogP contribution >= 0.6 is 23.1 Å². The highest BCUT2D eigenvalue weighted by Gasteiger charge is 2.25. The number of anilines is 1. The molecule has 0 saturated carbocycles. The first-order valence-electron chi connectivity index (χ1n) is 11.0. The molecule has 1 N–H and O–H groups in total. The molecule has 0 aliphatic carbocycles. The number of rotatable bonds is 6. The van der Waals surface area contributed by atoms with Gasteiger partial charge in [0, 0.05) is 45.5 Å². The van der Waals surface area contributed by atoms with Crippen molar-refractivity contribution < 1.29 is 0 Å². The lowest BCUT2D eigenvalue weighted by atomic mass is 10.2. The lowest BCUT2D eigenvalue weighted by molar-refractivity contribution is 0.309. The van der Waals surface area contributed by atoms with E-state index in [4.69, 9.17) is 9.97 Å². The molecule has 1 fully saturated rings. The number of aromatic amines is 1. The number of fused-ring (bicyclic) bond motifs is 2. The SMILES string of the molecule is C[C@H](CSc1nc2ccccc2s1)Cn1c(N2CCN(C)CC2)nc2c1c(=O)[nH]c(=O)n2C. The highest BCUT2D eigenvalue weighted by Crippen LogP contribution is 2.31. The number of nitrogens with zero attached hydrogens (tertiary/aromatic N) is 6. The monoisotopic (exact) mass is 485 g/mol. The second kappa shape index (κ2) is 8.96. The molecule has 3 aromatic heterocycles. The van der Waals surface area contributed by atoms with Gasteiger partial charge in [0.05, 0.1) is 10.2 Å². The van der Waals surface area contributed by atoms with Crippen molar-refractivity contribution in [2.24, 2.45) is 13.0 Å². The molecule has 11 heteroatoms. The zero-order valence-corrected chi connectivity index (χ0v) is 20.6. The number of aryl methyl sites for hydroxylation is 1. The molecule has 0 radical (unpaired) electrons. The standard InChI is InChI=1S/C22H27N7O2S2/c1-14(13-32-22-23-15-6-4-5-7-16(15)33-22)12-29-17-18(27(3)21(31)25-19(17)30)24-20(29)28-10-8-26(2)9-11-28/h4-7,14H,8-13H2,1-3H3,(H,25,30,31)/t14-/m0/s1. The van der Waals surface area contributed by atoms with Gasteiger partial charge in [0.2, 0.25) is 5.95 Å². The fraction of sp³-hybridized carbons (Fsp3) is 0.455. The maximum absolute atomic E-state index is 12.8. The van der Waals surface area contributed by atoms with Gasteiger partial charge in [0.1, 0.15) is 0 Å². The second-order valence-electron chi connectivity index (χ2n) is 8.67. The van der Waals surface area contributed by atoms with Gasteiger partial charge in [-0.25, -0.2) is 9.78 Å². The van der Waals surface area contributed by atoms with Crippen LogP contribution in [0.3, 0.4) is 0 Å². The molecule has 0 spiro atoms. The van der Waals surface area contributed by atoms with E-state index in [0.717, 1.165) is 47.7 Å². The third kappa shape index (κ3) is 4.32. The number of benzene rings is 1. The van der Waals surface area contributed by atoms with Crippen molar-refractivity contribution in [1.82, 2.24) is 29.0 Å². The van der Waals surface area contributed by atoms with Gasteiger partial charge in [-0.2, -0.15) is 4.98 Å². The summed E-state index contributed by atoms with van der Waals surface area (Å²) >= 11 is 3.45. The molecule has 4 aromatic rings. The number of thioether (sulfide) groups is 1. The Hall–Kier alpha value is -2.63. The van der Waals surface area contributed by atoms with E-state index in [-0.39, 0.29) is 11.5 Å². The second-order valence-corrected chi connectivity index (χ2v) is 11.0. The predicted molar refractivity (Wildman–Crippen MR) is 135 cm³/mol. The number of piperazine rings is 1. The van der Waals surface area contributed by atoms with Crippen LogP contribution in [0.25, 0.3) is 21.4 Å². The number of aromatic nitrogens is 5. The summed E-state index contributed by atoms with van der Waals surface area (Å²) < 4.78 is 5.67. The van der Waals surface area contributed by atoms with Gasteiger partial charge in [-0.15, -0.1) is 11.3 Å². The molecule has 1 atom stereocenters. The van der Waals surface area contributed by atoms with Crippen molar-refractivity contribution >= 4 is 50.4 Å². The van der Waals surface area contributed by atoms with Crippen molar-refractivity contribution in [1.29, 1.82) is 0 Å². The highest BCUT2D eigenvalue weighted by molar-refractivity contribution is 8.01. The number of nitrogens with one attached hydrogen (secondary N) is 1. The first-order valence-corrected chi connectivity index (χ1v) is 12.8. The molecule has 1 aliphatic rings. The molecule has 1 saturated heterocycles. The molecule has 9 nitrogen and oxygen atoms in total. The van der Waals surface area contributed by atoms with E-state index in [1.54, 1.807) is 30.1 Å². The predicted octanol–water partition coefficient (Wildman–Crippen LogP) is 2.21. The van der Waals surface area contributed by atoms with Gasteiger partial charge < -0.3 is 14.4 Å². The maximum Gasteiger partial charge on any atom is 0.329 e. The van der Waals surface area contributed by atoms with Crippen LogP contribution in [0.4, 0.5) is 5.95 Å². The molecule has 174 valence electrons. The van der Waals surface area contributed by atoms with Gasteiger partial charge >= 0.3 is 5.69 Å². The van der Waals surface area contributed by atoms with Crippen LogP contribution in [0.15, 0.2) is 38.2 Å². The Bertz CT molecular complexity index is 1380. The van der Waals surface area contributed by atoms with Crippen LogP contribution in [-0.4, -0.2) is 68.0 Å². The molecular weight excluding hydrogens is 458 g/mol. The maximum atomic E-state index is 12.8. The van der Waals surface area contributed by atoms with Crippen molar-refractivity contribution in [3.63, 3.8) is 0 Å². The number of H-pyrrole nitrogens is 1. The zero-order valence-electron chi connectivity index (χ0n) is 18.9. The molecule has 0 unspecified atom stereocenters. The van der Waals surface area contributed by atoms with Crippen LogP contribution in [0, 0.1) is 5.92 Å². The van der Waals surface area contributed by atoms with Crippen molar-refractivity contribution in [3.05, 3.63) is 45.1 Å². The minimum absolute atomic E-state index is 0.266. The first-order chi connectivity index (χ1) is 15.9. The fourth-order valence-corrected chi connectivity index (χ4v) is 6.24. The minimum Gasteiger partial charge on any atom is -0.340 e. The Balaban J connectivity index is 1.44. The van der Waals surface area contributed by atoms with Crippen LogP contribution in [0.5, 0.6) is 0 Å². The Morgan fingerprint density at radius 3 is 2.64 bits per heavy atom. The summed E-state index contributed by atoms with van der Waals surface area (Å²) in [5, 5.41) is 0. The number of likely N-dealkylation sites (N-methyl/N-ethyl adjacent to an activating group) is 1. The van der Waals surface area contributed by atoms with E-state index in [2.05, 4.69) is 34.8 Å². The fourth-order valence-electron chi connectivity index (χ4n) is 4.13. The molecular formula is C22H27N7O2S2. The largest absolute Gasteiger partial charge is 0.340 e. The van der Waals surface area contributed by atoms with Crippen LogP contribution in [0.1, 0.15) is 6.92 Å². The highest BCUT2D eigenvalue weighted by atomic mass is 32.2. The number of hydrogen-bond acceptors (Lipinski definition) is 8. The molecule has 4 heterocycles. The Kier molecular flexibility index (Phi) is 6.02. The summed E-state index contributed by atoms with van der Waals surface area (Å²) in [5.74, 6) is 1.90. The summed E-state index contributed by atoms with van der Waals surface area (Å²) in [6, 6.07) is 8.17. The van der Waals surface area contributed by atoms with Crippen molar-refractivity contribution in [2.75, 3.05) is 43.9 Å². The third-order valence-electron chi connectivity index (χ3n) is 6.03. The van der Waals surface area contributed by atoms with Crippen LogP contribution in [-0.2, 0) is 13.6 Å². The normalized spacial score (nSPS) is 16.2. The molecule has 33 heavy (non-hydrogen) atoms. The van der Waals surface area contributed by atoms with Gasteiger partial charge in [-0.05, 0) is 25.1 Å². The summed E-state index contributed by atoms with van der Waals surface area (Å²) in [7, 11) is 3.76. The lowest BCUT2D eigenvalue weighted by Gasteiger charge is -2.33. The van der Waals surface area contributed by atoms with Crippen LogP contribution < -0.4 is 16.1 Å². The van der Waals surface area contributed by atoms with E-state index in [0.29, 0.717) is 17.7 Å². The zero-order chi connectivity index (χ0) is 23.1. The van der Waals surface area contributed by atoms with Gasteiger partial charge in [-0.3, -0.25) is 14.3 Å². The van der Waals surface area contributed by atoms with Crippen LogP contribution in [0.2, 0.25) is 0 Å². The summed E-state index contributed by atoms with van der Waals surface area (Å²) in [6.07, 6.45) is 0. The number of imidazole rings is 1. The van der Waals surface area contributed by atoms with Crippen molar-refractivity contribution in [2.45, 2.75) is 17.8 Å². The van der Waals surface area contributed by atoms with Gasteiger partial charge in [0.25, 0.3) is 5.56 Å². The smallest absolute Gasteiger partial charge is 0.329 e. The molecule has 0 bridgehead atoms. The Morgan fingerprint density at radius 2 is 1.88 bits per heavy atom. The number of thiazole rings is 1. The summed E-state index contributed by atoms with van der Waals surface area (Å²) in [6.45, 7) is 6.34. The summed E-state index contributed by atoms with van der Waals surface area (Å²) in [5.41, 5.74) is 1.10. The van der Waals surface area contributed by atoms with Gasteiger partial charge in [0.15, 0.2) is 15.5 Å². The average molecular weight is 486 g/mol.